The Morgan fingerprint density at radius 2 is 1.53 bits per heavy atom. The lowest BCUT2D eigenvalue weighted by molar-refractivity contribution is 0.844. The number of hydrogen-bond acceptors (Lipinski definition) is 2. The maximum atomic E-state index is 4.80. The summed E-state index contributed by atoms with van der Waals surface area (Å²) in [7, 11) is 0. The number of hydrogen-bond donors (Lipinski definition) is 1. The van der Waals surface area contributed by atoms with Crippen molar-refractivity contribution in [3.8, 4) is 0 Å². The van der Waals surface area contributed by atoms with Crippen molar-refractivity contribution >= 4 is 5.84 Å². The van der Waals surface area contributed by atoms with Gasteiger partial charge in [-0.2, -0.15) is 0 Å². The lowest BCUT2D eigenvalue weighted by Crippen LogP contribution is -2.27. The predicted molar refractivity (Wildman–Crippen MR) is 79.1 cm³/mol. The fourth-order valence-corrected chi connectivity index (χ4v) is 2.24. The van der Waals surface area contributed by atoms with Crippen molar-refractivity contribution in [2.24, 2.45) is 4.99 Å². The number of nitrogens with one attached hydrogen (secondary N) is 1. The second-order valence-electron chi connectivity index (χ2n) is 4.67. The molecular formula is C17H16N2. The van der Waals surface area contributed by atoms with Gasteiger partial charge >= 0.3 is 0 Å². The first-order valence-corrected chi connectivity index (χ1v) is 6.46. The van der Waals surface area contributed by atoms with Gasteiger partial charge < -0.3 is 5.32 Å². The third kappa shape index (κ3) is 2.58. The standard InChI is InChI=1S/C17H16N2/c1-13-12-16(14-8-4-2-5-9-14)19-17(18-13)15-10-6-3-7-11-15/h2-12,16H,1H3,(H,18,19). The monoisotopic (exact) mass is 248 g/mol. The van der Waals surface area contributed by atoms with Crippen molar-refractivity contribution in [1.29, 1.82) is 0 Å². The van der Waals surface area contributed by atoms with Crippen molar-refractivity contribution in [2.75, 3.05) is 0 Å². The predicted octanol–water partition coefficient (Wildman–Crippen LogP) is 3.68. The van der Waals surface area contributed by atoms with Crippen LogP contribution in [0.1, 0.15) is 24.1 Å². The van der Waals surface area contributed by atoms with Crippen molar-refractivity contribution in [1.82, 2.24) is 5.32 Å². The molecule has 1 heterocycles. The first-order chi connectivity index (χ1) is 9.33. The summed E-state index contributed by atoms with van der Waals surface area (Å²) in [6, 6.07) is 20.7. The van der Waals surface area contributed by atoms with Crippen molar-refractivity contribution < 1.29 is 0 Å². The first-order valence-electron chi connectivity index (χ1n) is 6.46. The van der Waals surface area contributed by atoms with Crippen LogP contribution in [0.25, 0.3) is 0 Å². The van der Waals surface area contributed by atoms with E-state index in [0.717, 1.165) is 17.1 Å². The molecule has 19 heavy (non-hydrogen) atoms. The van der Waals surface area contributed by atoms with Crippen molar-refractivity contribution in [3.63, 3.8) is 0 Å². The van der Waals surface area contributed by atoms with Gasteiger partial charge in [0.15, 0.2) is 0 Å². The summed E-state index contributed by atoms with van der Waals surface area (Å²) in [6.07, 6.45) is 2.15. The van der Waals surface area contributed by atoms with Crippen LogP contribution in [0.4, 0.5) is 0 Å². The molecule has 1 aliphatic heterocycles. The van der Waals surface area contributed by atoms with Crippen LogP contribution in [0, 0.1) is 0 Å². The second kappa shape index (κ2) is 5.11. The van der Waals surface area contributed by atoms with E-state index in [-0.39, 0.29) is 6.04 Å². The maximum absolute atomic E-state index is 4.80. The van der Waals surface area contributed by atoms with Crippen molar-refractivity contribution in [2.45, 2.75) is 13.0 Å². The molecular weight excluding hydrogens is 232 g/mol. The molecule has 94 valence electrons. The van der Waals surface area contributed by atoms with E-state index in [1.165, 1.54) is 5.56 Å². The summed E-state index contributed by atoms with van der Waals surface area (Å²) in [5, 5.41) is 3.34. The van der Waals surface area contributed by atoms with E-state index in [1.807, 2.05) is 24.3 Å². The molecule has 2 nitrogen and oxygen atoms in total. The van der Waals surface area contributed by atoms with Gasteiger partial charge in [0.05, 0.1) is 6.04 Å². The molecule has 3 rings (SSSR count). The van der Waals surface area contributed by atoms with Crippen molar-refractivity contribution in [3.05, 3.63) is 83.6 Å². The minimum Gasteiger partial charge on any atom is -0.344 e. The normalized spacial score (nSPS) is 18.3. The number of rotatable bonds is 2. The largest absolute Gasteiger partial charge is 0.344 e. The molecule has 1 atom stereocenters. The van der Waals surface area contributed by atoms with Crippen LogP contribution < -0.4 is 5.32 Å². The third-order valence-corrected chi connectivity index (χ3v) is 3.18. The molecule has 1 aliphatic rings. The molecule has 0 saturated carbocycles. The van der Waals surface area contributed by atoms with Crippen LogP contribution >= 0.6 is 0 Å². The highest BCUT2D eigenvalue weighted by atomic mass is 15.0. The number of benzene rings is 2. The Balaban J connectivity index is 1.97. The second-order valence-corrected chi connectivity index (χ2v) is 4.67. The zero-order valence-corrected chi connectivity index (χ0v) is 10.9. The van der Waals surface area contributed by atoms with E-state index in [9.17, 15) is 0 Å². The van der Waals surface area contributed by atoms with E-state index >= 15 is 0 Å². The molecule has 2 aromatic carbocycles. The van der Waals surface area contributed by atoms with Gasteiger partial charge in [-0.25, -0.2) is 0 Å². The molecule has 0 amide bonds. The average Bonchev–Trinajstić information content (AvgIpc) is 2.48. The quantitative estimate of drug-likeness (QED) is 0.861. The summed E-state index contributed by atoms with van der Waals surface area (Å²) in [4.78, 5) is 4.80. The molecule has 0 aliphatic carbocycles. The van der Waals surface area contributed by atoms with Gasteiger partial charge in [-0.15, -0.1) is 0 Å². The molecule has 1 N–H and O–H groups in total. The molecule has 2 heteroatoms. The fourth-order valence-electron chi connectivity index (χ4n) is 2.24. The summed E-state index contributed by atoms with van der Waals surface area (Å²) >= 11 is 0. The van der Waals surface area contributed by atoms with Gasteiger partial charge in [-0.1, -0.05) is 60.7 Å². The number of amidine groups is 1. The highest BCUT2D eigenvalue weighted by Gasteiger charge is 2.15. The van der Waals surface area contributed by atoms with E-state index in [1.54, 1.807) is 0 Å². The zero-order valence-electron chi connectivity index (χ0n) is 10.9. The minimum absolute atomic E-state index is 0.0951. The van der Waals surface area contributed by atoms with Gasteiger partial charge in [-0.05, 0) is 18.6 Å². The number of allylic oxidation sites excluding steroid dienone is 1. The van der Waals surface area contributed by atoms with E-state index in [2.05, 4.69) is 54.7 Å². The Labute approximate surface area is 113 Å². The van der Waals surface area contributed by atoms with Gasteiger partial charge in [0, 0.05) is 11.3 Å². The number of nitrogens with zero attached hydrogens (tertiary/aromatic N) is 1. The average molecular weight is 248 g/mol. The minimum atomic E-state index is 0.0951. The third-order valence-electron chi connectivity index (χ3n) is 3.18. The highest BCUT2D eigenvalue weighted by Crippen LogP contribution is 2.23. The van der Waals surface area contributed by atoms with Crippen LogP contribution in [-0.2, 0) is 0 Å². The van der Waals surface area contributed by atoms with E-state index in [4.69, 9.17) is 4.99 Å². The summed E-state index contributed by atoms with van der Waals surface area (Å²) in [5.41, 5.74) is 3.48. The Morgan fingerprint density at radius 3 is 2.21 bits per heavy atom. The Bertz CT molecular complexity index is 612. The lowest BCUT2D eigenvalue weighted by atomic mass is 10.0. The van der Waals surface area contributed by atoms with E-state index in [0.29, 0.717) is 0 Å². The molecule has 0 spiro atoms. The topological polar surface area (TPSA) is 24.4 Å². The summed E-state index contributed by atoms with van der Waals surface area (Å²) in [5.74, 6) is 0.939. The van der Waals surface area contributed by atoms with Crippen LogP contribution in [0.15, 0.2) is 77.4 Å². The summed E-state index contributed by atoms with van der Waals surface area (Å²) < 4.78 is 0. The molecule has 0 radical (unpaired) electrons. The molecule has 0 saturated heterocycles. The molecule has 2 aromatic rings. The van der Waals surface area contributed by atoms with Crippen LogP contribution in [0.3, 0.4) is 0 Å². The molecule has 0 aromatic heterocycles. The van der Waals surface area contributed by atoms with Crippen LogP contribution in [0.2, 0.25) is 0 Å². The van der Waals surface area contributed by atoms with Gasteiger partial charge in [-0.3, -0.25) is 4.99 Å². The Kier molecular flexibility index (Phi) is 3.15. The maximum Gasteiger partial charge on any atom is 0.133 e. The highest BCUT2D eigenvalue weighted by molar-refractivity contribution is 6.00. The lowest BCUT2D eigenvalue weighted by Gasteiger charge is -2.21. The van der Waals surface area contributed by atoms with E-state index < -0.39 is 0 Å². The molecule has 0 bridgehead atoms. The SMILES string of the molecule is CC1=CC(c2ccccc2)N=C(c2ccccc2)N1. The number of aliphatic imine (C=N–C) groups is 1. The van der Waals surface area contributed by atoms with Gasteiger partial charge in [0.1, 0.15) is 5.84 Å². The van der Waals surface area contributed by atoms with Crippen LogP contribution in [0.5, 0.6) is 0 Å². The molecule has 1 unspecified atom stereocenters. The zero-order chi connectivity index (χ0) is 13.1. The van der Waals surface area contributed by atoms with Gasteiger partial charge in [0.2, 0.25) is 0 Å². The fraction of sp³-hybridized carbons (Fsp3) is 0.118. The van der Waals surface area contributed by atoms with Crippen LogP contribution in [-0.4, -0.2) is 5.84 Å². The molecule has 0 fully saturated rings. The Hall–Kier alpha value is -2.35. The smallest absolute Gasteiger partial charge is 0.133 e. The van der Waals surface area contributed by atoms with Gasteiger partial charge in [0.25, 0.3) is 0 Å². The summed E-state index contributed by atoms with van der Waals surface area (Å²) in [6.45, 7) is 2.08. The Morgan fingerprint density at radius 1 is 0.895 bits per heavy atom. The first kappa shape index (κ1) is 11.7.